The highest BCUT2D eigenvalue weighted by atomic mass is 15.1. The highest BCUT2D eigenvalue weighted by molar-refractivity contribution is 5.59. The maximum absolute atomic E-state index is 4.50. The molecule has 0 aliphatic carbocycles. The number of rotatable bonds is 5. The van der Waals surface area contributed by atoms with Crippen LogP contribution in [0.4, 0.5) is 5.69 Å². The molecule has 3 nitrogen and oxygen atoms in total. The van der Waals surface area contributed by atoms with Gasteiger partial charge in [-0.2, -0.15) is 0 Å². The number of anilines is 1. The van der Waals surface area contributed by atoms with E-state index in [1.165, 1.54) is 35.5 Å². The third-order valence-electron chi connectivity index (χ3n) is 4.05. The molecule has 1 aromatic heterocycles. The van der Waals surface area contributed by atoms with Crippen LogP contribution in [0.1, 0.15) is 36.7 Å². The second-order valence-electron chi connectivity index (χ2n) is 5.52. The average molecular weight is 269 g/mol. The SMILES string of the molecule is CCCn1ccnc1CCc1cccc2c1NCCC2. The third-order valence-corrected chi connectivity index (χ3v) is 4.05. The van der Waals surface area contributed by atoms with Crippen molar-refractivity contribution in [3.63, 3.8) is 0 Å². The van der Waals surface area contributed by atoms with Gasteiger partial charge in [0, 0.05) is 37.6 Å². The smallest absolute Gasteiger partial charge is 0.108 e. The van der Waals surface area contributed by atoms with Crippen LogP contribution < -0.4 is 5.32 Å². The van der Waals surface area contributed by atoms with Crippen molar-refractivity contribution in [3.8, 4) is 0 Å². The lowest BCUT2D eigenvalue weighted by Crippen LogP contribution is -2.14. The fourth-order valence-corrected chi connectivity index (χ4v) is 3.05. The number of fused-ring (bicyclic) bond motifs is 1. The van der Waals surface area contributed by atoms with Gasteiger partial charge in [0.25, 0.3) is 0 Å². The third kappa shape index (κ3) is 2.72. The number of aromatic nitrogens is 2. The minimum absolute atomic E-state index is 1.02. The second-order valence-corrected chi connectivity index (χ2v) is 5.52. The molecule has 1 N–H and O–H groups in total. The maximum atomic E-state index is 4.50. The Balaban J connectivity index is 1.73. The van der Waals surface area contributed by atoms with Crippen molar-refractivity contribution in [2.24, 2.45) is 0 Å². The van der Waals surface area contributed by atoms with Gasteiger partial charge in [-0.05, 0) is 36.8 Å². The van der Waals surface area contributed by atoms with E-state index in [1.54, 1.807) is 0 Å². The van der Waals surface area contributed by atoms with Crippen molar-refractivity contribution in [3.05, 3.63) is 47.5 Å². The molecule has 0 amide bonds. The lowest BCUT2D eigenvalue weighted by Gasteiger charge is -2.21. The van der Waals surface area contributed by atoms with Gasteiger partial charge in [-0.25, -0.2) is 4.98 Å². The van der Waals surface area contributed by atoms with Crippen molar-refractivity contribution < 1.29 is 0 Å². The van der Waals surface area contributed by atoms with Crippen molar-refractivity contribution >= 4 is 5.69 Å². The van der Waals surface area contributed by atoms with Crippen molar-refractivity contribution in [1.82, 2.24) is 9.55 Å². The molecule has 2 heterocycles. The molecule has 1 aliphatic heterocycles. The first-order valence-corrected chi connectivity index (χ1v) is 7.73. The van der Waals surface area contributed by atoms with E-state index in [9.17, 15) is 0 Å². The summed E-state index contributed by atoms with van der Waals surface area (Å²) in [6, 6.07) is 6.70. The summed E-state index contributed by atoms with van der Waals surface area (Å²) in [4.78, 5) is 4.50. The van der Waals surface area contributed by atoms with Crippen molar-refractivity contribution in [1.29, 1.82) is 0 Å². The molecule has 0 saturated carbocycles. The highest BCUT2D eigenvalue weighted by Gasteiger charge is 2.12. The topological polar surface area (TPSA) is 29.9 Å². The Morgan fingerprint density at radius 2 is 2.25 bits per heavy atom. The number of hydrogen-bond acceptors (Lipinski definition) is 2. The zero-order chi connectivity index (χ0) is 13.8. The van der Waals surface area contributed by atoms with E-state index >= 15 is 0 Å². The van der Waals surface area contributed by atoms with Crippen LogP contribution in [0.2, 0.25) is 0 Å². The van der Waals surface area contributed by atoms with E-state index in [0.29, 0.717) is 0 Å². The fraction of sp³-hybridized carbons (Fsp3) is 0.471. The number of imidazole rings is 1. The molecule has 3 heteroatoms. The summed E-state index contributed by atoms with van der Waals surface area (Å²) in [5.74, 6) is 1.21. The first kappa shape index (κ1) is 13.2. The summed E-state index contributed by atoms with van der Waals surface area (Å²) in [5.41, 5.74) is 4.30. The Hall–Kier alpha value is -1.77. The van der Waals surface area contributed by atoms with E-state index in [4.69, 9.17) is 0 Å². The molecule has 0 atom stereocenters. The summed E-state index contributed by atoms with van der Waals surface area (Å²) in [5, 5.41) is 3.57. The Morgan fingerprint density at radius 3 is 3.15 bits per heavy atom. The van der Waals surface area contributed by atoms with E-state index in [1.807, 2.05) is 6.20 Å². The number of nitrogens with zero attached hydrogens (tertiary/aromatic N) is 2. The summed E-state index contributed by atoms with van der Waals surface area (Å²) in [6.45, 7) is 4.39. The monoisotopic (exact) mass is 269 g/mol. The van der Waals surface area contributed by atoms with Crippen LogP contribution in [0.25, 0.3) is 0 Å². The minimum atomic E-state index is 1.02. The number of nitrogens with one attached hydrogen (secondary N) is 1. The largest absolute Gasteiger partial charge is 0.385 e. The molecule has 3 rings (SSSR count). The first-order valence-electron chi connectivity index (χ1n) is 7.73. The number of benzene rings is 1. The fourth-order valence-electron chi connectivity index (χ4n) is 3.05. The molecular weight excluding hydrogens is 246 g/mol. The van der Waals surface area contributed by atoms with E-state index < -0.39 is 0 Å². The van der Waals surface area contributed by atoms with Crippen LogP contribution in [-0.2, 0) is 25.8 Å². The van der Waals surface area contributed by atoms with Gasteiger partial charge in [0.05, 0.1) is 0 Å². The van der Waals surface area contributed by atoms with Gasteiger partial charge in [0.1, 0.15) is 5.82 Å². The molecule has 0 bridgehead atoms. The lowest BCUT2D eigenvalue weighted by molar-refractivity contribution is 0.633. The second kappa shape index (κ2) is 6.12. The van der Waals surface area contributed by atoms with Crippen LogP contribution in [0.5, 0.6) is 0 Å². The molecule has 106 valence electrons. The van der Waals surface area contributed by atoms with E-state index in [0.717, 1.165) is 32.4 Å². The molecule has 20 heavy (non-hydrogen) atoms. The predicted molar refractivity (Wildman–Crippen MR) is 83.2 cm³/mol. The van der Waals surface area contributed by atoms with Gasteiger partial charge >= 0.3 is 0 Å². The van der Waals surface area contributed by atoms with Gasteiger partial charge in [-0.15, -0.1) is 0 Å². The van der Waals surface area contributed by atoms with Gasteiger partial charge in [0.15, 0.2) is 0 Å². The summed E-state index contributed by atoms with van der Waals surface area (Å²) in [7, 11) is 0. The molecule has 1 aliphatic rings. The molecule has 0 radical (unpaired) electrons. The number of para-hydroxylation sites is 1. The van der Waals surface area contributed by atoms with Crippen LogP contribution in [-0.4, -0.2) is 16.1 Å². The summed E-state index contributed by atoms with van der Waals surface area (Å²) in [6.07, 6.45) is 9.72. The van der Waals surface area contributed by atoms with Gasteiger partial charge < -0.3 is 9.88 Å². The van der Waals surface area contributed by atoms with E-state index in [-0.39, 0.29) is 0 Å². The van der Waals surface area contributed by atoms with E-state index in [2.05, 4.69) is 46.2 Å². The number of hydrogen-bond donors (Lipinski definition) is 1. The Bertz CT molecular complexity index is 571. The van der Waals surface area contributed by atoms with Crippen LogP contribution in [0.15, 0.2) is 30.6 Å². The molecule has 2 aromatic rings. The molecule has 0 spiro atoms. The summed E-state index contributed by atoms with van der Waals surface area (Å²) >= 11 is 0. The Labute approximate surface area is 121 Å². The lowest BCUT2D eigenvalue weighted by atomic mass is 9.97. The predicted octanol–water partition coefficient (Wildman–Crippen LogP) is 3.44. The normalized spacial score (nSPS) is 13.8. The van der Waals surface area contributed by atoms with Gasteiger partial charge in [-0.1, -0.05) is 25.1 Å². The quantitative estimate of drug-likeness (QED) is 0.901. The van der Waals surface area contributed by atoms with Crippen LogP contribution >= 0.6 is 0 Å². The molecule has 1 aromatic carbocycles. The molecule has 0 unspecified atom stereocenters. The number of aryl methyl sites for hydroxylation is 4. The van der Waals surface area contributed by atoms with Gasteiger partial charge in [-0.3, -0.25) is 0 Å². The molecule has 0 fully saturated rings. The average Bonchev–Trinajstić information content (AvgIpc) is 2.93. The van der Waals surface area contributed by atoms with Crippen molar-refractivity contribution in [2.75, 3.05) is 11.9 Å². The Kier molecular flexibility index (Phi) is 4.05. The standard InChI is InChI=1S/C17H23N3/c1-2-12-20-13-11-18-16(20)9-8-15-6-3-5-14-7-4-10-19-17(14)15/h3,5-6,11,13,19H,2,4,7-10,12H2,1H3. The summed E-state index contributed by atoms with van der Waals surface area (Å²) < 4.78 is 2.28. The van der Waals surface area contributed by atoms with Crippen LogP contribution in [0.3, 0.4) is 0 Å². The zero-order valence-corrected chi connectivity index (χ0v) is 12.2. The molecule has 0 saturated heterocycles. The highest BCUT2D eigenvalue weighted by Crippen LogP contribution is 2.26. The minimum Gasteiger partial charge on any atom is -0.385 e. The van der Waals surface area contributed by atoms with Crippen LogP contribution in [0, 0.1) is 0 Å². The van der Waals surface area contributed by atoms with Crippen molar-refractivity contribution in [2.45, 2.75) is 45.6 Å². The molecular formula is C17H23N3. The zero-order valence-electron chi connectivity index (χ0n) is 12.2. The Morgan fingerprint density at radius 1 is 1.30 bits per heavy atom. The van der Waals surface area contributed by atoms with Gasteiger partial charge in [0.2, 0.25) is 0 Å². The maximum Gasteiger partial charge on any atom is 0.108 e. The first-order chi connectivity index (χ1) is 9.88.